The Kier molecular flexibility index (Phi) is 4.90. The van der Waals surface area contributed by atoms with E-state index in [-0.39, 0.29) is 5.41 Å². The van der Waals surface area contributed by atoms with Crippen molar-refractivity contribution in [1.29, 1.82) is 0 Å². The standard InChI is InChI=1S/C22H34/c1-14(2)13-22(15(3)4,16(5)6)21-18(8)12-19-11-9-10-17(7)20(19)21/h9-11,14-16H,12-13H2,1-8H3. The van der Waals surface area contributed by atoms with Crippen LogP contribution in [-0.4, -0.2) is 0 Å². The lowest BCUT2D eigenvalue weighted by Gasteiger charge is -2.46. The predicted octanol–water partition coefficient (Wildman–Crippen LogP) is 6.67. The van der Waals surface area contributed by atoms with Gasteiger partial charge >= 0.3 is 0 Å². The summed E-state index contributed by atoms with van der Waals surface area (Å²) < 4.78 is 0. The van der Waals surface area contributed by atoms with E-state index in [0.717, 1.165) is 12.3 Å². The molecule has 0 heterocycles. The smallest absolute Gasteiger partial charge is 0.000707 e. The van der Waals surface area contributed by atoms with Crippen molar-refractivity contribution in [2.75, 3.05) is 0 Å². The van der Waals surface area contributed by atoms with Crippen molar-refractivity contribution in [2.24, 2.45) is 23.2 Å². The first-order chi connectivity index (χ1) is 10.2. The van der Waals surface area contributed by atoms with Crippen LogP contribution in [0.4, 0.5) is 0 Å². The number of aryl methyl sites for hydroxylation is 1. The lowest BCUT2D eigenvalue weighted by molar-refractivity contribution is 0.154. The minimum Gasteiger partial charge on any atom is -0.0645 e. The maximum Gasteiger partial charge on any atom is 0.000707 e. The molecule has 0 radical (unpaired) electrons. The topological polar surface area (TPSA) is 0 Å². The van der Waals surface area contributed by atoms with Crippen molar-refractivity contribution in [2.45, 2.75) is 68.2 Å². The first-order valence-corrected chi connectivity index (χ1v) is 9.00. The molecule has 0 fully saturated rings. The summed E-state index contributed by atoms with van der Waals surface area (Å²) in [6.45, 7) is 19.1. The van der Waals surface area contributed by atoms with E-state index in [4.69, 9.17) is 0 Å². The van der Waals surface area contributed by atoms with Crippen molar-refractivity contribution in [3.63, 3.8) is 0 Å². The highest BCUT2D eigenvalue weighted by Crippen LogP contribution is 2.56. The van der Waals surface area contributed by atoms with Crippen LogP contribution in [-0.2, 0) is 6.42 Å². The van der Waals surface area contributed by atoms with Gasteiger partial charge in [0.2, 0.25) is 0 Å². The lowest BCUT2D eigenvalue weighted by Crippen LogP contribution is -2.36. The molecular weight excluding hydrogens is 264 g/mol. The number of hydrogen-bond acceptors (Lipinski definition) is 0. The first-order valence-electron chi connectivity index (χ1n) is 9.00. The van der Waals surface area contributed by atoms with E-state index in [1.54, 1.807) is 22.3 Å². The van der Waals surface area contributed by atoms with Crippen LogP contribution >= 0.6 is 0 Å². The molecule has 0 saturated carbocycles. The van der Waals surface area contributed by atoms with Gasteiger partial charge in [-0.3, -0.25) is 0 Å². The monoisotopic (exact) mass is 298 g/mol. The third-order valence-electron chi connectivity index (χ3n) is 5.76. The summed E-state index contributed by atoms with van der Waals surface area (Å²) >= 11 is 0. The zero-order valence-corrected chi connectivity index (χ0v) is 15.9. The fourth-order valence-corrected chi connectivity index (χ4v) is 4.94. The van der Waals surface area contributed by atoms with Crippen LogP contribution in [0.5, 0.6) is 0 Å². The molecule has 0 aliphatic heterocycles. The predicted molar refractivity (Wildman–Crippen MR) is 99.0 cm³/mol. The number of benzene rings is 1. The largest absolute Gasteiger partial charge is 0.0645 e. The van der Waals surface area contributed by atoms with Crippen LogP contribution in [0.2, 0.25) is 0 Å². The maximum atomic E-state index is 2.43. The Morgan fingerprint density at radius 3 is 2.05 bits per heavy atom. The normalized spacial score (nSPS) is 15.4. The zero-order chi connectivity index (χ0) is 16.7. The van der Waals surface area contributed by atoms with Crippen LogP contribution < -0.4 is 0 Å². The molecule has 22 heavy (non-hydrogen) atoms. The second kappa shape index (κ2) is 6.22. The molecule has 0 nitrogen and oxygen atoms in total. The van der Waals surface area contributed by atoms with Crippen molar-refractivity contribution >= 4 is 5.57 Å². The third kappa shape index (κ3) is 2.66. The summed E-state index contributed by atoms with van der Waals surface area (Å²) in [7, 11) is 0. The van der Waals surface area contributed by atoms with Gasteiger partial charge in [0.1, 0.15) is 0 Å². The van der Waals surface area contributed by atoms with E-state index in [0.29, 0.717) is 11.8 Å². The molecule has 1 aliphatic rings. The van der Waals surface area contributed by atoms with Crippen LogP contribution in [0, 0.1) is 30.1 Å². The third-order valence-corrected chi connectivity index (χ3v) is 5.76. The fourth-order valence-electron chi connectivity index (χ4n) is 4.94. The van der Waals surface area contributed by atoms with E-state index in [2.05, 4.69) is 73.6 Å². The van der Waals surface area contributed by atoms with Gasteiger partial charge in [-0.05, 0) is 66.7 Å². The number of allylic oxidation sites excluding steroid dienone is 2. The Hall–Kier alpha value is -1.04. The summed E-state index contributed by atoms with van der Waals surface area (Å²) in [5, 5.41) is 0. The minimum atomic E-state index is 0.287. The lowest BCUT2D eigenvalue weighted by atomic mass is 9.58. The van der Waals surface area contributed by atoms with Crippen molar-refractivity contribution in [3.8, 4) is 0 Å². The Bertz CT molecular complexity index is 562. The molecule has 0 heteroatoms. The number of rotatable bonds is 5. The van der Waals surface area contributed by atoms with E-state index < -0.39 is 0 Å². The zero-order valence-electron chi connectivity index (χ0n) is 15.9. The van der Waals surface area contributed by atoms with Crippen LogP contribution in [0.15, 0.2) is 23.8 Å². The van der Waals surface area contributed by atoms with Gasteiger partial charge in [-0.15, -0.1) is 0 Å². The summed E-state index contributed by atoms with van der Waals surface area (Å²) in [5.74, 6) is 2.04. The molecular formula is C22H34. The van der Waals surface area contributed by atoms with Gasteiger partial charge in [0.15, 0.2) is 0 Å². The van der Waals surface area contributed by atoms with Gasteiger partial charge in [-0.2, -0.15) is 0 Å². The Balaban J connectivity index is 2.71. The quantitative estimate of drug-likeness (QED) is 0.569. The van der Waals surface area contributed by atoms with Crippen LogP contribution in [0.3, 0.4) is 0 Å². The number of hydrogen-bond donors (Lipinski definition) is 0. The van der Waals surface area contributed by atoms with Gasteiger partial charge in [0.05, 0.1) is 0 Å². The molecule has 0 spiro atoms. The molecule has 1 aromatic carbocycles. The molecule has 122 valence electrons. The average molecular weight is 299 g/mol. The molecule has 0 atom stereocenters. The molecule has 0 amide bonds. The van der Waals surface area contributed by atoms with Crippen molar-refractivity contribution in [1.82, 2.24) is 0 Å². The summed E-state index contributed by atoms with van der Waals surface area (Å²) in [6, 6.07) is 6.84. The van der Waals surface area contributed by atoms with Gasteiger partial charge in [0, 0.05) is 5.41 Å². The average Bonchev–Trinajstić information content (AvgIpc) is 2.73. The van der Waals surface area contributed by atoms with Crippen LogP contribution in [0.1, 0.15) is 71.6 Å². The van der Waals surface area contributed by atoms with E-state index in [9.17, 15) is 0 Å². The van der Waals surface area contributed by atoms with Gasteiger partial charge < -0.3 is 0 Å². The Morgan fingerprint density at radius 1 is 0.955 bits per heavy atom. The highest BCUT2D eigenvalue weighted by atomic mass is 14.5. The first kappa shape index (κ1) is 17.3. The number of fused-ring (bicyclic) bond motifs is 1. The molecule has 1 aliphatic carbocycles. The second-order valence-corrected chi connectivity index (χ2v) is 8.39. The molecule has 2 rings (SSSR count). The Morgan fingerprint density at radius 2 is 1.55 bits per heavy atom. The van der Waals surface area contributed by atoms with Crippen molar-refractivity contribution in [3.05, 3.63) is 40.5 Å². The highest BCUT2D eigenvalue weighted by Gasteiger charge is 2.44. The molecule has 0 saturated heterocycles. The SMILES string of the molecule is CC1=C(C(CC(C)C)(C(C)C)C(C)C)c2c(C)cccc2C1. The second-order valence-electron chi connectivity index (χ2n) is 8.39. The van der Waals surface area contributed by atoms with Gasteiger partial charge in [-0.1, -0.05) is 65.3 Å². The van der Waals surface area contributed by atoms with Crippen LogP contribution in [0.25, 0.3) is 5.57 Å². The van der Waals surface area contributed by atoms with E-state index >= 15 is 0 Å². The molecule has 0 unspecified atom stereocenters. The van der Waals surface area contributed by atoms with Gasteiger partial charge in [-0.25, -0.2) is 0 Å². The highest BCUT2D eigenvalue weighted by molar-refractivity contribution is 5.82. The van der Waals surface area contributed by atoms with Crippen molar-refractivity contribution < 1.29 is 0 Å². The summed E-state index contributed by atoms with van der Waals surface area (Å²) in [6.07, 6.45) is 2.43. The summed E-state index contributed by atoms with van der Waals surface area (Å²) in [4.78, 5) is 0. The molecule has 0 aromatic heterocycles. The molecule has 0 N–H and O–H groups in total. The van der Waals surface area contributed by atoms with Gasteiger partial charge in [0.25, 0.3) is 0 Å². The molecule has 0 bridgehead atoms. The minimum absolute atomic E-state index is 0.287. The van der Waals surface area contributed by atoms with E-state index in [1.807, 2.05) is 0 Å². The maximum absolute atomic E-state index is 2.43. The Labute approximate surface area is 138 Å². The summed E-state index contributed by atoms with van der Waals surface area (Å²) in [5.41, 5.74) is 8.14. The van der Waals surface area contributed by atoms with E-state index in [1.165, 1.54) is 12.0 Å². The fraction of sp³-hybridized carbons (Fsp3) is 0.636. The molecule has 1 aromatic rings.